The monoisotopic (exact) mass is 317 g/mol. The third-order valence-corrected chi connectivity index (χ3v) is 3.95. The van der Waals surface area contributed by atoms with Crippen molar-refractivity contribution in [2.45, 2.75) is 52.5 Å². The van der Waals surface area contributed by atoms with Gasteiger partial charge in [0, 0.05) is 12.1 Å². The quantitative estimate of drug-likeness (QED) is 0.745. The van der Waals surface area contributed by atoms with E-state index in [4.69, 9.17) is 5.73 Å². The van der Waals surface area contributed by atoms with Gasteiger partial charge in [-0.1, -0.05) is 26.8 Å². The minimum Gasteiger partial charge on any atom is -0.399 e. The van der Waals surface area contributed by atoms with Crippen LogP contribution in [-0.4, -0.2) is 18.4 Å². The maximum Gasteiger partial charge on any atom is 0.239 e. The minimum absolute atomic E-state index is 0.00590. The highest BCUT2D eigenvalue weighted by Gasteiger charge is 2.22. The van der Waals surface area contributed by atoms with Crippen molar-refractivity contribution in [1.29, 1.82) is 0 Å². The van der Waals surface area contributed by atoms with E-state index >= 15 is 0 Å². The Morgan fingerprint density at radius 2 is 2.00 bits per heavy atom. The molecule has 126 valence electrons. The molecule has 0 heterocycles. The van der Waals surface area contributed by atoms with Gasteiger partial charge in [-0.25, -0.2) is 0 Å². The van der Waals surface area contributed by atoms with Crippen molar-refractivity contribution in [3.8, 4) is 0 Å². The Bertz CT molecular complexity index is 590. The largest absolute Gasteiger partial charge is 0.399 e. The third kappa shape index (κ3) is 5.27. The number of fused-ring (bicyclic) bond motifs is 1. The number of amides is 2. The molecular weight excluding hydrogens is 290 g/mol. The standard InChI is InChI=1S/C18H27N3O2/c1-18(2,3)10-16(22)20-11-17(23)21-15-6-4-5-12-9-13(19)7-8-14(12)15/h7-9,15H,4-6,10-11,19H2,1-3H3,(H,20,22)(H,21,23). The van der Waals surface area contributed by atoms with Crippen molar-refractivity contribution in [2.24, 2.45) is 5.41 Å². The predicted octanol–water partition coefficient (Wildman–Crippen LogP) is 2.31. The second kappa shape index (κ2) is 7.02. The van der Waals surface area contributed by atoms with E-state index in [9.17, 15) is 9.59 Å². The number of aryl methyl sites for hydroxylation is 1. The molecule has 1 aromatic rings. The predicted molar refractivity (Wildman–Crippen MR) is 91.8 cm³/mol. The smallest absolute Gasteiger partial charge is 0.239 e. The first kappa shape index (κ1) is 17.3. The van der Waals surface area contributed by atoms with Crippen molar-refractivity contribution in [3.05, 3.63) is 29.3 Å². The van der Waals surface area contributed by atoms with Gasteiger partial charge in [0.25, 0.3) is 0 Å². The molecule has 4 N–H and O–H groups in total. The molecule has 0 saturated carbocycles. The molecule has 1 aliphatic rings. The van der Waals surface area contributed by atoms with Gasteiger partial charge < -0.3 is 16.4 Å². The van der Waals surface area contributed by atoms with Crippen molar-refractivity contribution >= 4 is 17.5 Å². The average molecular weight is 317 g/mol. The summed E-state index contributed by atoms with van der Waals surface area (Å²) in [4.78, 5) is 23.9. The molecular formula is C18H27N3O2. The number of hydrogen-bond acceptors (Lipinski definition) is 3. The molecule has 23 heavy (non-hydrogen) atoms. The molecule has 5 heteroatoms. The van der Waals surface area contributed by atoms with E-state index in [1.165, 1.54) is 5.56 Å². The van der Waals surface area contributed by atoms with E-state index in [0.29, 0.717) is 6.42 Å². The fraction of sp³-hybridized carbons (Fsp3) is 0.556. The summed E-state index contributed by atoms with van der Waals surface area (Å²) in [5.41, 5.74) is 8.84. The van der Waals surface area contributed by atoms with Crippen LogP contribution in [0.3, 0.4) is 0 Å². The minimum atomic E-state index is -0.151. The maximum atomic E-state index is 12.1. The van der Waals surface area contributed by atoms with Crippen LogP contribution in [-0.2, 0) is 16.0 Å². The van der Waals surface area contributed by atoms with Crippen molar-refractivity contribution < 1.29 is 9.59 Å². The van der Waals surface area contributed by atoms with Gasteiger partial charge in [0.1, 0.15) is 0 Å². The number of nitrogens with one attached hydrogen (secondary N) is 2. The molecule has 0 aromatic heterocycles. The van der Waals surface area contributed by atoms with E-state index in [2.05, 4.69) is 10.6 Å². The van der Waals surface area contributed by atoms with E-state index in [0.717, 1.165) is 30.5 Å². The van der Waals surface area contributed by atoms with Gasteiger partial charge in [0.05, 0.1) is 12.6 Å². The topological polar surface area (TPSA) is 84.2 Å². The van der Waals surface area contributed by atoms with Crippen molar-refractivity contribution in [2.75, 3.05) is 12.3 Å². The van der Waals surface area contributed by atoms with Crippen LogP contribution >= 0.6 is 0 Å². The molecule has 2 amide bonds. The van der Waals surface area contributed by atoms with Crippen LogP contribution in [0.2, 0.25) is 0 Å². The van der Waals surface area contributed by atoms with Gasteiger partial charge in [-0.2, -0.15) is 0 Å². The summed E-state index contributed by atoms with van der Waals surface area (Å²) in [6.45, 7) is 6.02. The Balaban J connectivity index is 1.88. The van der Waals surface area contributed by atoms with Crippen LogP contribution in [0.25, 0.3) is 0 Å². The zero-order valence-electron chi connectivity index (χ0n) is 14.2. The lowest BCUT2D eigenvalue weighted by atomic mass is 9.87. The first-order valence-electron chi connectivity index (χ1n) is 8.19. The summed E-state index contributed by atoms with van der Waals surface area (Å²) < 4.78 is 0. The van der Waals surface area contributed by atoms with Crippen molar-refractivity contribution in [3.63, 3.8) is 0 Å². The molecule has 0 bridgehead atoms. The number of hydrogen-bond donors (Lipinski definition) is 3. The molecule has 1 atom stereocenters. The van der Waals surface area contributed by atoms with E-state index < -0.39 is 0 Å². The number of nitrogens with two attached hydrogens (primary N) is 1. The van der Waals surface area contributed by atoms with Crippen LogP contribution < -0.4 is 16.4 Å². The number of carbonyl (C=O) groups excluding carboxylic acids is 2. The maximum absolute atomic E-state index is 12.1. The second-order valence-corrected chi connectivity index (χ2v) is 7.48. The Morgan fingerprint density at radius 3 is 2.70 bits per heavy atom. The van der Waals surface area contributed by atoms with Crippen LogP contribution in [0, 0.1) is 5.41 Å². The fourth-order valence-electron chi connectivity index (χ4n) is 2.95. The molecule has 5 nitrogen and oxygen atoms in total. The van der Waals surface area contributed by atoms with E-state index in [-0.39, 0.29) is 29.8 Å². The van der Waals surface area contributed by atoms with Crippen LogP contribution in [0.15, 0.2) is 18.2 Å². The highest BCUT2D eigenvalue weighted by atomic mass is 16.2. The van der Waals surface area contributed by atoms with E-state index in [1.54, 1.807) is 0 Å². The van der Waals surface area contributed by atoms with Gasteiger partial charge in [-0.15, -0.1) is 0 Å². The summed E-state index contributed by atoms with van der Waals surface area (Å²) in [5.74, 6) is -0.244. The van der Waals surface area contributed by atoms with Gasteiger partial charge in [-0.05, 0) is 47.9 Å². The first-order chi connectivity index (χ1) is 10.7. The fourth-order valence-corrected chi connectivity index (χ4v) is 2.95. The number of benzene rings is 1. The first-order valence-corrected chi connectivity index (χ1v) is 8.19. The number of carbonyl (C=O) groups is 2. The van der Waals surface area contributed by atoms with Crippen LogP contribution in [0.5, 0.6) is 0 Å². The normalized spacial score (nSPS) is 17.3. The molecule has 1 aromatic carbocycles. The Hall–Kier alpha value is -2.04. The molecule has 0 spiro atoms. The third-order valence-electron chi connectivity index (χ3n) is 3.95. The number of rotatable bonds is 4. The number of anilines is 1. The Morgan fingerprint density at radius 1 is 1.26 bits per heavy atom. The summed E-state index contributed by atoms with van der Waals surface area (Å²) in [6.07, 6.45) is 3.34. The molecule has 1 aliphatic carbocycles. The van der Waals surface area contributed by atoms with Gasteiger partial charge in [0.2, 0.25) is 11.8 Å². The Kier molecular flexibility index (Phi) is 5.29. The summed E-state index contributed by atoms with van der Waals surface area (Å²) in [7, 11) is 0. The number of nitrogen functional groups attached to an aromatic ring is 1. The summed E-state index contributed by atoms with van der Waals surface area (Å²) >= 11 is 0. The van der Waals surface area contributed by atoms with Crippen LogP contribution in [0.1, 0.15) is 57.2 Å². The van der Waals surface area contributed by atoms with Gasteiger partial charge >= 0.3 is 0 Å². The molecule has 1 unspecified atom stereocenters. The molecule has 0 radical (unpaired) electrons. The lowest BCUT2D eigenvalue weighted by Crippen LogP contribution is -2.40. The van der Waals surface area contributed by atoms with Gasteiger partial charge in [0.15, 0.2) is 0 Å². The lowest BCUT2D eigenvalue weighted by Gasteiger charge is -2.27. The SMILES string of the molecule is CC(C)(C)CC(=O)NCC(=O)NC1CCCc2cc(N)ccc21. The molecule has 0 aliphatic heterocycles. The average Bonchev–Trinajstić information content (AvgIpc) is 2.43. The zero-order valence-corrected chi connectivity index (χ0v) is 14.2. The van der Waals surface area contributed by atoms with Crippen molar-refractivity contribution in [1.82, 2.24) is 10.6 Å². The molecule has 0 saturated heterocycles. The van der Waals surface area contributed by atoms with Crippen LogP contribution in [0.4, 0.5) is 5.69 Å². The Labute approximate surface area is 138 Å². The van der Waals surface area contributed by atoms with E-state index in [1.807, 2.05) is 39.0 Å². The molecule has 0 fully saturated rings. The second-order valence-electron chi connectivity index (χ2n) is 7.48. The zero-order chi connectivity index (χ0) is 17.0. The van der Waals surface area contributed by atoms with Gasteiger partial charge in [-0.3, -0.25) is 9.59 Å². The highest BCUT2D eigenvalue weighted by Crippen LogP contribution is 2.30. The lowest BCUT2D eigenvalue weighted by molar-refractivity contribution is -0.127. The highest BCUT2D eigenvalue weighted by molar-refractivity contribution is 5.85. The molecule has 2 rings (SSSR count). The summed E-state index contributed by atoms with van der Waals surface area (Å²) in [6, 6.07) is 5.85. The summed E-state index contributed by atoms with van der Waals surface area (Å²) in [5, 5.41) is 5.71.